The number of amides is 1. The first-order valence-corrected chi connectivity index (χ1v) is 9.35. The third kappa shape index (κ3) is 3.98. The highest BCUT2D eigenvalue weighted by atomic mass is 16.5. The highest BCUT2D eigenvalue weighted by Crippen LogP contribution is 2.22. The van der Waals surface area contributed by atoms with Gasteiger partial charge in [0, 0.05) is 36.4 Å². The van der Waals surface area contributed by atoms with Gasteiger partial charge in [-0.25, -0.2) is 0 Å². The molecule has 1 amide bonds. The third-order valence-electron chi connectivity index (χ3n) is 5.20. The maximum Gasteiger partial charge on any atom is 0.287 e. The molecular weight excluding hydrogens is 340 g/mol. The average molecular weight is 364 g/mol. The number of furan rings is 1. The van der Waals surface area contributed by atoms with E-state index in [1.165, 1.54) is 5.56 Å². The summed E-state index contributed by atoms with van der Waals surface area (Å²) >= 11 is 0. The summed E-state index contributed by atoms with van der Waals surface area (Å²) in [6.07, 6.45) is 3.53. The van der Waals surface area contributed by atoms with Crippen molar-refractivity contribution >= 4 is 16.7 Å². The van der Waals surface area contributed by atoms with Crippen LogP contribution < -0.4 is 10.1 Å². The molecule has 1 aromatic heterocycles. The molecule has 3 aromatic rings. The van der Waals surface area contributed by atoms with Gasteiger partial charge in [0.2, 0.25) is 0 Å². The smallest absolute Gasteiger partial charge is 0.287 e. The lowest BCUT2D eigenvalue weighted by atomic mass is 10.0. The number of fused-ring (bicyclic) bond motifs is 1. The molecule has 0 saturated carbocycles. The molecule has 2 aromatic carbocycles. The number of benzene rings is 2. The minimum absolute atomic E-state index is 0.121. The Labute approximate surface area is 158 Å². The lowest BCUT2D eigenvalue weighted by molar-refractivity contribution is 0.0883. The summed E-state index contributed by atoms with van der Waals surface area (Å²) in [5.74, 6) is 1.17. The van der Waals surface area contributed by atoms with Crippen LogP contribution in [-0.4, -0.2) is 37.0 Å². The quantitative estimate of drug-likeness (QED) is 0.747. The van der Waals surface area contributed by atoms with E-state index in [-0.39, 0.29) is 11.9 Å². The van der Waals surface area contributed by atoms with Crippen LogP contribution in [0.4, 0.5) is 0 Å². The minimum Gasteiger partial charge on any atom is -0.497 e. The lowest BCUT2D eigenvalue weighted by Crippen LogP contribution is -2.44. The van der Waals surface area contributed by atoms with Gasteiger partial charge in [0.05, 0.1) is 13.4 Å². The predicted octanol–water partition coefficient (Wildman–Crippen LogP) is 3.84. The number of likely N-dealkylation sites (tertiary alicyclic amines) is 1. The molecule has 0 spiro atoms. The van der Waals surface area contributed by atoms with Crippen molar-refractivity contribution in [3.8, 4) is 5.75 Å². The SMILES string of the molecule is COc1ccc(CN2CCC(NC(=O)c3occ4ccccc34)CC2)cc1. The van der Waals surface area contributed by atoms with Crippen LogP contribution in [-0.2, 0) is 6.54 Å². The first-order valence-electron chi connectivity index (χ1n) is 9.35. The number of rotatable bonds is 5. The van der Waals surface area contributed by atoms with Gasteiger partial charge in [-0.2, -0.15) is 0 Å². The summed E-state index contributed by atoms with van der Waals surface area (Å²) in [6.45, 7) is 2.86. The minimum atomic E-state index is -0.121. The molecule has 4 rings (SSSR count). The number of hydrogen-bond acceptors (Lipinski definition) is 4. The van der Waals surface area contributed by atoms with E-state index >= 15 is 0 Å². The zero-order valence-corrected chi connectivity index (χ0v) is 15.5. The molecule has 0 unspecified atom stereocenters. The van der Waals surface area contributed by atoms with Gasteiger partial charge in [0.15, 0.2) is 5.76 Å². The van der Waals surface area contributed by atoms with Gasteiger partial charge < -0.3 is 14.5 Å². The van der Waals surface area contributed by atoms with Gasteiger partial charge >= 0.3 is 0 Å². The Hall–Kier alpha value is -2.79. The van der Waals surface area contributed by atoms with Crippen molar-refractivity contribution in [1.82, 2.24) is 10.2 Å². The van der Waals surface area contributed by atoms with Crippen LogP contribution >= 0.6 is 0 Å². The summed E-state index contributed by atoms with van der Waals surface area (Å²) < 4.78 is 10.7. The summed E-state index contributed by atoms with van der Waals surface area (Å²) in [6, 6.07) is 16.1. The largest absolute Gasteiger partial charge is 0.497 e. The fraction of sp³-hybridized carbons (Fsp3) is 0.318. The van der Waals surface area contributed by atoms with Gasteiger partial charge in [0.25, 0.3) is 5.91 Å². The van der Waals surface area contributed by atoms with Crippen LogP contribution in [0.3, 0.4) is 0 Å². The van der Waals surface area contributed by atoms with E-state index in [2.05, 4.69) is 22.3 Å². The van der Waals surface area contributed by atoms with E-state index in [0.717, 1.165) is 49.0 Å². The molecule has 140 valence electrons. The molecule has 0 aliphatic carbocycles. The second-order valence-corrected chi connectivity index (χ2v) is 7.02. The van der Waals surface area contributed by atoms with Crippen molar-refractivity contribution in [2.75, 3.05) is 20.2 Å². The van der Waals surface area contributed by atoms with Crippen LogP contribution in [0, 0.1) is 0 Å². The standard InChI is InChI=1S/C22H24N2O3/c1-26-19-8-6-16(7-9-19)14-24-12-10-18(11-13-24)23-22(25)21-20-5-3-2-4-17(20)15-27-21/h2-9,15,18H,10-14H2,1H3,(H,23,25). The molecule has 5 heteroatoms. The second-order valence-electron chi connectivity index (χ2n) is 7.02. The normalized spacial score (nSPS) is 15.7. The van der Waals surface area contributed by atoms with Crippen LogP contribution in [0.5, 0.6) is 5.75 Å². The number of piperidine rings is 1. The number of ether oxygens (including phenoxy) is 1. The molecule has 27 heavy (non-hydrogen) atoms. The van der Waals surface area contributed by atoms with Gasteiger partial charge in [0.1, 0.15) is 5.75 Å². The Morgan fingerprint density at radius 2 is 1.89 bits per heavy atom. The maximum absolute atomic E-state index is 12.6. The Morgan fingerprint density at radius 3 is 2.63 bits per heavy atom. The molecule has 0 radical (unpaired) electrons. The second kappa shape index (κ2) is 7.84. The van der Waals surface area contributed by atoms with Crippen molar-refractivity contribution < 1.29 is 13.9 Å². The number of carbonyl (C=O) groups excluding carboxylic acids is 1. The molecule has 0 bridgehead atoms. The van der Waals surface area contributed by atoms with Gasteiger partial charge in [-0.1, -0.05) is 36.4 Å². The van der Waals surface area contributed by atoms with Crippen LogP contribution in [0.25, 0.3) is 10.8 Å². The summed E-state index contributed by atoms with van der Waals surface area (Å²) in [4.78, 5) is 15.0. The van der Waals surface area contributed by atoms with Crippen molar-refractivity contribution in [3.63, 3.8) is 0 Å². The van der Waals surface area contributed by atoms with Crippen molar-refractivity contribution in [2.24, 2.45) is 0 Å². The number of hydrogen-bond donors (Lipinski definition) is 1. The van der Waals surface area contributed by atoms with E-state index in [1.54, 1.807) is 13.4 Å². The number of carbonyl (C=O) groups is 1. The topological polar surface area (TPSA) is 54.7 Å². The molecular formula is C22H24N2O3. The van der Waals surface area contributed by atoms with E-state index in [4.69, 9.17) is 9.15 Å². The van der Waals surface area contributed by atoms with Crippen molar-refractivity contribution in [2.45, 2.75) is 25.4 Å². The van der Waals surface area contributed by atoms with Gasteiger partial charge in [-0.15, -0.1) is 0 Å². The Balaban J connectivity index is 1.30. The molecule has 1 saturated heterocycles. The van der Waals surface area contributed by atoms with Crippen molar-refractivity contribution in [1.29, 1.82) is 0 Å². The predicted molar refractivity (Wildman–Crippen MR) is 105 cm³/mol. The Morgan fingerprint density at radius 1 is 1.15 bits per heavy atom. The summed E-state index contributed by atoms with van der Waals surface area (Å²) in [5.41, 5.74) is 1.28. The summed E-state index contributed by atoms with van der Waals surface area (Å²) in [5, 5.41) is 4.96. The Bertz CT molecular complexity index is 909. The van der Waals surface area contributed by atoms with Crippen LogP contribution in [0.2, 0.25) is 0 Å². The highest BCUT2D eigenvalue weighted by molar-refractivity contribution is 6.04. The lowest BCUT2D eigenvalue weighted by Gasteiger charge is -2.32. The van der Waals surface area contributed by atoms with E-state index in [9.17, 15) is 4.79 Å². The highest BCUT2D eigenvalue weighted by Gasteiger charge is 2.23. The van der Waals surface area contributed by atoms with E-state index < -0.39 is 0 Å². The fourth-order valence-corrected chi connectivity index (χ4v) is 3.64. The van der Waals surface area contributed by atoms with Crippen LogP contribution in [0.1, 0.15) is 29.0 Å². The van der Waals surface area contributed by atoms with Gasteiger partial charge in [-0.05, 0) is 30.5 Å². The molecule has 1 fully saturated rings. The fourth-order valence-electron chi connectivity index (χ4n) is 3.64. The zero-order valence-electron chi connectivity index (χ0n) is 15.5. The molecule has 1 aliphatic heterocycles. The maximum atomic E-state index is 12.6. The van der Waals surface area contributed by atoms with Crippen molar-refractivity contribution in [3.05, 3.63) is 66.1 Å². The summed E-state index contributed by atoms with van der Waals surface area (Å²) in [7, 11) is 1.68. The van der Waals surface area contributed by atoms with Crippen LogP contribution in [0.15, 0.2) is 59.2 Å². The monoisotopic (exact) mass is 364 g/mol. The number of nitrogens with zero attached hydrogens (tertiary/aromatic N) is 1. The zero-order chi connectivity index (χ0) is 18.6. The first-order chi connectivity index (χ1) is 13.2. The molecule has 0 atom stereocenters. The number of nitrogens with one attached hydrogen (secondary N) is 1. The van der Waals surface area contributed by atoms with E-state index in [0.29, 0.717) is 5.76 Å². The Kier molecular flexibility index (Phi) is 5.12. The average Bonchev–Trinajstić information content (AvgIpc) is 3.14. The molecule has 5 nitrogen and oxygen atoms in total. The molecule has 2 heterocycles. The molecule has 1 aliphatic rings. The van der Waals surface area contributed by atoms with E-state index in [1.807, 2.05) is 36.4 Å². The molecule has 1 N–H and O–H groups in total. The first kappa shape index (κ1) is 17.6. The van der Waals surface area contributed by atoms with Gasteiger partial charge in [-0.3, -0.25) is 9.69 Å². The number of methoxy groups -OCH3 is 1. The third-order valence-corrected chi connectivity index (χ3v) is 5.20.